The molecule has 6 nitrogen and oxygen atoms in total. The van der Waals surface area contributed by atoms with Gasteiger partial charge in [0, 0.05) is 18.0 Å². The third kappa shape index (κ3) is 2.72. The van der Waals surface area contributed by atoms with Gasteiger partial charge in [0.2, 0.25) is 0 Å². The van der Waals surface area contributed by atoms with Crippen LogP contribution in [0.4, 0.5) is 4.79 Å². The number of aromatic nitrogens is 4. The van der Waals surface area contributed by atoms with Crippen LogP contribution in [-0.4, -0.2) is 31.4 Å². The van der Waals surface area contributed by atoms with Crippen molar-refractivity contribution >= 4 is 6.09 Å². The molecule has 0 saturated heterocycles. The summed E-state index contributed by atoms with van der Waals surface area (Å²) in [4.78, 5) is 15.8. The Kier molecular flexibility index (Phi) is 2.71. The van der Waals surface area contributed by atoms with Crippen LogP contribution in [0.2, 0.25) is 0 Å². The molecule has 90 valence electrons. The number of aromatic amines is 1. The van der Waals surface area contributed by atoms with Crippen molar-refractivity contribution in [3.05, 3.63) is 24.9 Å². The van der Waals surface area contributed by atoms with E-state index in [4.69, 9.17) is 4.74 Å². The number of hydrogen-bond donors (Lipinski definition) is 1. The molecule has 0 atom stereocenters. The lowest BCUT2D eigenvalue weighted by molar-refractivity contribution is 0.0536. The first-order chi connectivity index (χ1) is 7.96. The summed E-state index contributed by atoms with van der Waals surface area (Å²) in [6.07, 6.45) is 5.94. The molecule has 2 aromatic heterocycles. The second-order valence-electron chi connectivity index (χ2n) is 4.63. The molecule has 0 aromatic carbocycles. The van der Waals surface area contributed by atoms with Gasteiger partial charge in [-0.05, 0) is 20.8 Å². The second kappa shape index (κ2) is 4.04. The van der Waals surface area contributed by atoms with Gasteiger partial charge in [0.05, 0.1) is 11.9 Å². The number of hydrogen-bond acceptors (Lipinski definition) is 4. The monoisotopic (exact) mass is 234 g/mol. The first-order valence-electron chi connectivity index (χ1n) is 5.22. The third-order valence-electron chi connectivity index (χ3n) is 1.98. The van der Waals surface area contributed by atoms with E-state index in [0.29, 0.717) is 5.69 Å². The maximum atomic E-state index is 11.7. The molecule has 6 heteroatoms. The minimum absolute atomic E-state index is 0.445. The molecule has 0 fully saturated rings. The highest BCUT2D eigenvalue weighted by Gasteiger charge is 2.18. The highest BCUT2D eigenvalue weighted by molar-refractivity contribution is 5.72. The third-order valence-corrected chi connectivity index (χ3v) is 1.98. The summed E-state index contributed by atoms with van der Waals surface area (Å²) in [5.74, 6) is 0. The Morgan fingerprint density at radius 2 is 2.24 bits per heavy atom. The average molecular weight is 234 g/mol. The topological polar surface area (TPSA) is 72.8 Å². The van der Waals surface area contributed by atoms with Gasteiger partial charge in [-0.1, -0.05) is 0 Å². The molecular formula is C11H14N4O2. The summed E-state index contributed by atoms with van der Waals surface area (Å²) in [7, 11) is 0. The summed E-state index contributed by atoms with van der Waals surface area (Å²) in [6, 6.07) is 0. The fraction of sp³-hybridized carbons (Fsp3) is 0.364. The minimum atomic E-state index is -0.517. The first kappa shape index (κ1) is 11.4. The number of H-pyrrole nitrogens is 1. The van der Waals surface area contributed by atoms with E-state index in [1.54, 1.807) is 18.6 Å². The number of rotatable bonds is 1. The Morgan fingerprint density at radius 1 is 1.47 bits per heavy atom. The average Bonchev–Trinajstić information content (AvgIpc) is 2.86. The largest absolute Gasteiger partial charge is 0.443 e. The molecule has 0 saturated carbocycles. The molecule has 0 aliphatic heterocycles. The quantitative estimate of drug-likeness (QED) is 0.819. The SMILES string of the molecule is CC(C)(C)OC(=O)n1cnc(-c2cn[nH]c2)c1. The van der Waals surface area contributed by atoms with Crippen LogP contribution in [0.15, 0.2) is 24.9 Å². The molecule has 1 N–H and O–H groups in total. The zero-order chi connectivity index (χ0) is 12.5. The molecular weight excluding hydrogens is 220 g/mol. The summed E-state index contributed by atoms with van der Waals surface area (Å²) in [5, 5.41) is 6.51. The van der Waals surface area contributed by atoms with Gasteiger partial charge in [0.25, 0.3) is 0 Å². The lowest BCUT2D eigenvalue weighted by atomic mass is 10.2. The normalized spacial score (nSPS) is 11.5. The summed E-state index contributed by atoms with van der Waals surface area (Å²) in [6.45, 7) is 5.45. The predicted octanol–water partition coefficient (Wildman–Crippen LogP) is 2.06. The van der Waals surface area contributed by atoms with Crippen molar-refractivity contribution in [1.82, 2.24) is 19.7 Å². The Hall–Kier alpha value is -2.11. The summed E-state index contributed by atoms with van der Waals surface area (Å²) < 4.78 is 6.53. The second-order valence-corrected chi connectivity index (χ2v) is 4.63. The van der Waals surface area contributed by atoms with Crippen LogP contribution in [-0.2, 0) is 4.74 Å². The van der Waals surface area contributed by atoms with E-state index in [0.717, 1.165) is 5.56 Å². The van der Waals surface area contributed by atoms with E-state index < -0.39 is 11.7 Å². The summed E-state index contributed by atoms with van der Waals surface area (Å²) in [5.41, 5.74) is 0.980. The maximum absolute atomic E-state index is 11.7. The van der Waals surface area contributed by atoms with Crippen LogP contribution in [0.3, 0.4) is 0 Å². The van der Waals surface area contributed by atoms with Crippen LogP contribution in [0, 0.1) is 0 Å². The number of ether oxygens (including phenoxy) is 1. The van der Waals surface area contributed by atoms with Crippen molar-refractivity contribution in [2.24, 2.45) is 0 Å². The number of carbonyl (C=O) groups is 1. The van der Waals surface area contributed by atoms with Crippen LogP contribution in [0.25, 0.3) is 11.3 Å². The number of imidazole rings is 1. The fourth-order valence-electron chi connectivity index (χ4n) is 1.28. The van der Waals surface area contributed by atoms with Crippen molar-refractivity contribution in [3.8, 4) is 11.3 Å². The van der Waals surface area contributed by atoms with Gasteiger partial charge in [-0.2, -0.15) is 5.10 Å². The van der Waals surface area contributed by atoms with Crippen LogP contribution >= 0.6 is 0 Å². The van der Waals surface area contributed by atoms with Gasteiger partial charge in [-0.25, -0.2) is 14.3 Å². The molecule has 0 amide bonds. The van der Waals surface area contributed by atoms with E-state index in [-0.39, 0.29) is 0 Å². The molecule has 2 heterocycles. The van der Waals surface area contributed by atoms with Crippen LogP contribution < -0.4 is 0 Å². The van der Waals surface area contributed by atoms with Gasteiger partial charge in [0.15, 0.2) is 0 Å². The summed E-state index contributed by atoms with van der Waals surface area (Å²) >= 11 is 0. The van der Waals surface area contributed by atoms with Crippen molar-refractivity contribution < 1.29 is 9.53 Å². The lowest BCUT2D eigenvalue weighted by Crippen LogP contribution is -2.26. The zero-order valence-corrected chi connectivity index (χ0v) is 9.97. The van der Waals surface area contributed by atoms with Crippen molar-refractivity contribution in [1.29, 1.82) is 0 Å². The van der Waals surface area contributed by atoms with Crippen molar-refractivity contribution in [3.63, 3.8) is 0 Å². The maximum Gasteiger partial charge on any atom is 0.419 e. The van der Waals surface area contributed by atoms with Gasteiger partial charge in [0.1, 0.15) is 11.9 Å². The van der Waals surface area contributed by atoms with E-state index in [1.807, 2.05) is 20.8 Å². The highest BCUT2D eigenvalue weighted by Crippen LogP contribution is 2.15. The van der Waals surface area contributed by atoms with Gasteiger partial charge in [-0.15, -0.1) is 0 Å². The molecule has 0 radical (unpaired) electrons. The molecule has 0 aliphatic carbocycles. The number of nitrogens with one attached hydrogen (secondary N) is 1. The Bertz CT molecular complexity index is 508. The first-order valence-corrected chi connectivity index (χ1v) is 5.22. The molecule has 0 unspecified atom stereocenters. The van der Waals surface area contributed by atoms with Crippen molar-refractivity contribution in [2.45, 2.75) is 26.4 Å². The number of carbonyl (C=O) groups excluding carboxylic acids is 1. The van der Waals surface area contributed by atoms with Crippen LogP contribution in [0.5, 0.6) is 0 Å². The van der Waals surface area contributed by atoms with E-state index >= 15 is 0 Å². The van der Waals surface area contributed by atoms with Gasteiger partial charge in [-0.3, -0.25) is 5.10 Å². The highest BCUT2D eigenvalue weighted by atomic mass is 16.6. The van der Waals surface area contributed by atoms with E-state index in [2.05, 4.69) is 15.2 Å². The Morgan fingerprint density at radius 3 is 2.82 bits per heavy atom. The molecule has 2 aromatic rings. The Labute approximate surface area is 98.6 Å². The van der Waals surface area contributed by atoms with Gasteiger partial charge < -0.3 is 4.74 Å². The molecule has 0 aliphatic rings. The van der Waals surface area contributed by atoms with Gasteiger partial charge >= 0.3 is 6.09 Å². The van der Waals surface area contributed by atoms with Crippen molar-refractivity contribution in [2.75, 3.05) is 0 Å². The lowest BCUT2D eigenvalue weighted by Gasteiger charge is -2.18. The molecule has 2 rings (SSSR count). The predicted molar refractivity (Wildman–Crippen MR) is 61.4 cm³/mol. The number of nitrogens with zero attached hydrogens (tertiary/aromatic N) is 3. The fourth-order valence-corrected chi connectivity index (χ4v) is 1.28. The Balaban J connectivity index is 2.16. The zero-order valence-electron chi connectivity index (χ0n) is 9.97. The van der Waals surface area contributed by atoms with E-state index in [9.17, 15) is 4.79 Å². The standard InChI is InChI=1S/C11H14N4O2/c1-11(2,3)17-10(16)15-6-9(12-7-15)8-4-13-14-5-8/h4-7H,1-3H3,(H,13,14). The van der Waals surface area contributed by atoms with E-state index in [1.165, 1.54) is 10.9 Å². The molecule has 0 bridgehead atoms. The minimum Gasteiger partial charge on any atom is -0.443 e. The molecule has 0 spiro atoms. The molecule has 17 heavy (non-hydrogen) atoms. The van der Waals surface area contributed by atoms with Crippen LogP contribution in [0.1, 0.15) is 20.8 Å². The smallest absolute Gasteiger partial charge is 0.419 e.